The maximum absolute atomic E-state index is 13.4. The molecule has 1 aliphatic rings. The van der Waals surface area contributed by atoms with Gasteiger partial charge in [0.05, 0.1) is 28.1 Å². The van der Waals surface area contributed by atoms with Gasteiger partial charge in [-0.05, 0) is 23.8 Å². The summed E-state index contributed by atoms with van der Waals surface area (Å²) in [5.41, 5.74) is 3.62. The Morgan fingerprint density at radius 1 is 1.06 bits per heavy atom. The van der Waals surface area contributed by atoms with Gasteiger partial charge in [-0.25, -0.2) is 4.99 Å². The number of likely N-dealkylation sites (N-methyl/N-ethyl adjacent to an activating group) is 1. The van der Waals surface area contributed by atoms with Crippen molar-refractivity contribution >= 4 is 46.4 Å². The number of carbonyl (C=O) groups excluding carboxylic acids is 2. The molecule has 0 saturated heterocycles. The molecule has 3 aromatic carbocycles. The van der Waals surface area contributed by atoms with Crippen LogP contribution in [0.5, 0.6) is 0 Å². The van der Waals surface area contributed by atoms with Crippen molar-refractivity contribution in [2.45, 2.75) is 19.0 Å². The number of aliphatic hydroxyl groups excluding tert-OH is 1. The van der Waals surface area contributed by atoms with Gasteiger partial charge in [0.2, 0.25) is 12.1 Å². The first-order valence-electron chi connectivity index (χ1n) is 11.2. The third-order valence-electron chi connectivity index (χ3n) is 6.26. The van der Waals surface area contributed by atoms with E-state index in [1.807, 2.05) is 54.6 Å². The summed E-state index contributed by atoms with van der Waals surface area (Å²) in [6.45, 7) is 1.41. The second kappa shape index (κ2) is 10.6. The number of aliphatic hydroxyl groups is 1. The summed E-state index contributed by atoms with van der Waals surface area (Å²) >= 11 is 12.2. The fourth-order valence-corrected chi connectivity index (χ4v) is 4.49. The van der Waals surface area contributed by atoms with Gasteiger partial charge in [-0.1, -0.05) is 84.7 Å². The van der Waals surface area contributed by atoms with Crippen LogP contribution in [0.4, 0.5) is 5.69 Å². The minimum Gasteiger partial charge on any atom is -0.396 e. The molecule has 8 heteroatoms. The number of hydrogen-bond acceptors (Lipinski definition) is 4. The molecule has 4 rings (SSSR count). The molecular weight excluding hydrogens is 485 g/mol. The van der Waals surface area contributed by atoms with Gasteiger partial charge >= 0.3 is 0 Å². The van der Waals surface area contributed by atoms with E-state index in [-0.39, 0.29) is 12.5 Å². The SMILES string of the molecule is CC(C(=O)N[C@H]1N=C(c2ccccc2)c2ccccc2N(C)C1=O)C(CO)c1ccc(Cl)c(Cl)c1. The lowest BCUT2D eigenvalue weighted by Crippen LogP contribution is -2.48. The quantitative estimate of drug-likeness (QED) is 0.506. The van der Waals surface area contributed by atoms with E-state index in [1.165, 1.54) is 4.90 Å². The number of hydrogen-bond donors (Lipinski definition) is 2. The standard InChI is InChI=1S/C27H25Cl2N3O3/c1-16(20(15-33)18-12-13-21(28)22(29)14-18)26(34)31-25-27(35)32(2)23-11-7-6-10-19(23)24(30-25)17-8-4-3-5-9-17/h3-14,16,20,25,33H,15H2,1-2H3,(H,31,34)/t16?,20?,25-/m1/s1. The Hall–Kier alpha value is -3.19. The molecule has 0 bridgehead atoms. The molecule has 0 spiro atoms. The average molecular weight is 510 g/mol. The van der Waals surface area contributed by atoms with Crippen LogP contribution >= 0.6 is 23.2 Å². The van der Waals surface area contributed by atoms with Gasteiger partial charge < -0.3 is 15.3 Å². The van der Waals surface area contributed by atoms with Gasteiger partial charge in [-0.3, -0.25) is 9.59 Å². The summed E-state index contributed by atoms with van der Waals surface area (Å²) < 4.78 is 0. The second-order valence-corrected chi connectivity index (χ2v) is 9.23. The largest absolute Gasteiger partial charge is 0.396 e. The molecule has 0 saturated carbocycles. The lowest BCUT2D eigenvalue weighted by Gasteiger charge is -2.25. The number of para-hydroxylation sites is 1. The number of carbonyl (C=O) groups is 2. The molecule has 3 aromatic rings. The van der Waals surface area contributed by atoms with Crippen LogP contribution in [0, 0.1) is 5.92 Å². The van der Waals surface area contributed by atoms with Crippen molar-refractivity contribution in [1.29, 1.82) is 0 Å². The summed E-state index contributed by atoms with van der Waals surface area (Å²) in [5.74, 6) is -1.99. The molecule has 2 unspecified atom stereocenters. The molecule has 2 amide bonds. The van der Waals surface area contributed by atoms with E-state index < -0.39 is 23.9 Å². The smallest absolute Gasteiger partial charge is 0.272 e. The van der Waals surface area contributed by atoms with Crippen LogP contribution in [0.3, 0.4) is 0 Å². The van der Waals surface area contributed by atoms with Gasteiger partial charge in [0.15, 0.2) is 0 Å². The van der Waals surface area contributed by atoms with E-state index in [2.05, 4.69) is 5.32 Å². The van der Waals surface area contributed by atoms with Crippen LogP contribution in [0.1, 0.15) is 29.5 Å². The number of aliphatic imine (C=N–C) groups is 1. The number of amides is 2. The Kier molecular flexibility index (Phi) is 7.55. The number of benzene rings is 3. The number of nitrogens with zero attached hydrogens (tertiary/aromatic N) is 2. The summed E-state index contributed by atoms with van der Waals surface area (Å²) in [6, 6.07) is 22.0. The van der Waals surface area contributed by atoms with Gasteiger partial charge in [0.25, 0.3) is 5.91 Å². The van der Waals surface area contributed by atoms with Crippen molar-refractivity contribution in [3.63, 3.8) is 0 Å². The molecule has 0 aliphatic carbocycles. The predicted octanol–water partition coefficient (Wildman–Crippen LogP) is 4.66. The Labute approximate surface area is 214 Å². The number of anilines is 1. The minimum atomic E-state index is -1.13. The Morgan fingerprint density at radius 3 is 2.43 bits per heavy atom. The Balaban J connectivity index is 1.67. The van der Waals surface area contributed by atoms with Gasteiger partial charge in [0, 0.05) is 30.0 Å². The van der Waals surface area contributed by atoms with E-state index in [0.717, 1.165) is 11.1 Å². The van der Waals surface area contributed by atoms with Crippen LogP contribution in [-0.4, -0.2) is 42.5 Å². The summed E-state index contributed by atoms with van der Waals surface area (Å²) in [6.07, 6.45) is -1.13. The first-order valence-corrected chi connectivity index (χ1v) is 11.9. The summed E-state index contributed by atoms with van der Waals surface area (Å²) in [5, 5.41) is 13.6. The van der Waals surface area contributed by atoms with Crippen LogP contribution in [-0.2, 0) is 9.59 Å². The molecule has 2 N–H and O–H groups in total. The molecule has 0 radical (unpaired) electrons. The highest BCUT2D eigenvalue weighted by molar-refractivity contribution is 6.42. The first-order chi connectivity index (χ1) is 16.8. The molecule has 35 heavy (non-hydrogen) atoms. The number of nitrogens with one attached hydrogen (secondary N) is 1. The van der Waals surface area contributed by atoms with Crippen LogP contribution in [0.25, 0.3) is 0 Å². The normalized spacial score (nSPS) is 17.2. The molecule has 0 fully saturated rings. The lowest BCUT2D eigenvalue weighted by atomic mass is 9.87. The van der Waals surface area contributed by atoms with Gasteiger partial charge in [-0.2, -0.15) is 0 Å². The third-order valence-corrected chi connectivity index (χ3v) is 6.99. The third kappa shape index (κ3) is 5.10. The monoisotopic (exact) mass is 509 g/mol. The zero-order valence-electron chi connectivity index (χ0n) is 19.3. The molecular formula is C27H25Cl2N3O3. The maximum Gasteiger partial charge on any atom is 0.272 e. The van der Waals surface area contributed by atoms with Gasteiger partial charge in [0.1, 0.15) is 0 Å². The van der Waals surface area contributed by atoms with Crippen LogP contribution < -0.4 is 10.2 Å². The molecule has 1 aliphatic heterocycles. The molecule has 1 heterocycles. The predicted molar refractivity (Wildman–Crippen MR) is 139 cm³/mol. The van der Waals surface area contributed by atoms with Crippen LogP contribution in [0.2, 0.25) is 10.0 Å². The summed E-state index contributed by atoms with van der Waals surface area (Å²) in [4.78, 5) is 32.9. The summed E-state index contributed by atoms with van der Waals surface area (Å²) in [7, 11) is 1.67. The minimum absolute atomic E-state index is 0.283. The number of benzodiazepines with no additional fused rings is 1. The molecule has 180 valence electrons. The van der Waals surface area contributed by atoms with E-state index >= 15 is 0 Å². The fraction of sp³-hybridized carbons (Fsp3) is 0.222. The highest BCUT2D eigenvalue weighted by atomic mass is 35.5. The first kappa shape index (κ1) is 24.9. The number of fused-ring (bicyclic) bond motifs is 1. The number of rotatable bonds is 6. The highest BCUT2D eigenvalue weighted by Gasteiger charge is 2.33. The maximum atomic E-state index is 13.4. The number of halogens is 2. The van der Waals surface area contributed by atoms with Crippen molar-refractivity contribution < 1.29 is 14.7 Å². The van der Waals surface area contributed by atoms with Crippen molar-refractivity contribution in [2.75, 3.05) is 18.6 Å². The Morgan fingerprint density at radius 2 is 1.74 bits per heavy atom. The zero-order chi connectivity index (χ0) is 25.1. The van der Waals surface area contributed by atoms with E-state index in [4.69, 9.17) is 28.2 Å². The van der Waals surface area contributed by atoms with Crippen molar-refractivity contribution in [2.24, 2.45) is 10.9 Å². The van der Waals surface area contributed by atoms with Crippen molar-refractivity contribution in [3.8, 4) is 0 Å². The highest BCUT2D eigenvalue weighted by Crippen LogP contribution is 2.31. The molecule has 0 aromatic heterocycles. The zero-order valence-corrected chi connectivity index (χ0v) is 20.8. The molecule has 3 atom stereocenters. The van der Waals surface area contributed by atoms with Crippen molar-refractivity contribution in [3.05, 3.63) is 99.5 Å². The van der Waals surface area contributed by atoms with Crippen molar-refractivity contribution in [1.82, 2.24) is 5.32 Å². The fourth-order valence-electron chi connectivity index (χ4n) is 4.19. The lowest BCUT2D eigenvalue weighted by molar-refractivity contribution is -0.130. The molecule has 6 nitrogen and oxygen atoms in total. The van der Waals surface area contributed by atoms with Gasteiger partial charge in [-0.15, -0.1) is 0 Å². The van der Waals surface area contributed by atoms with Crippen LogP contribution in [0.15, 0.2) is 77.8 Å². The Bertz CT molecular complexity index is 1280. The topological polar surface area (TPSA) is 82.0 Å². The van der Waals surface area contributed by atoms with E-state index in [9.17, 15) is 14.7 Å². The second-order valence-electron chi connectivity index (χ2n) is 8.42. The van der Waals surface area contributed by atoms with E-state index in [0.29, 0.717) is 27.0 Å². The van der Waals surface area contributed by atoms with E-state index in [1.54, 1.807) is 32.2 Å². The average Bonchev–Trinajstić information content (AvgIpc) is 2.97.